The van der Waals surface area contributed by atoms with Crippen LogP contribution in [0.1, 0.15) is 39.7 Å². The van der Waals surface area contributed by atoms with E-state index in [1.807, 2.05) is 17.9 Å². The predicted molar refractivity (Wildman–Crippen MR) is 92.6 cm³/mol. The number of hydrogen-bond donors (Lipinski definition) is 0. The molecule has 0 bridgehead atoms. The summed E-state index contributed by atoms with van der Waals surface area (Å²) < 4.78 is 0. The van der Waals surface area contributed by atoms with E-state index in [0.717, 1.165) is 13.1 Å². The van der Waals surface area contributed by atoms with E-state index < -0.39 is 0 Å². The molecule has 1 aromatic carbocycles. The molecule has 1 aromatic rings. The van der Waals surface area contributed by atoms with Gasteiger partial charge in [0.1, 0.15) is 0 Å². The van der Waals surface area contributed by atoms with E-state index in [1.54, 1.807) is 0 Å². The van der Waals surface area contributed by atoms with Crippen molar-refractivity contribution in [3.05, 3.63) is 42.0 Å². The van der Waals surface area contributed by atoms with Crippen LogP contribution < -0.4 is 0 Å². The van der Waals surface area contributed by atoms with Crippen molar-refractivity contribution in [1.82, 2.24) is 9.80 Å². The van der Waals surface area contributed by atoms with Gasteiger partial charge in [0, 0.05) is 37.6 Å². The molecule has 0 aromatic heterocycles. The van der Waals surface area contributed by atoms with E-state index in [9.17, 15) is 4.79 Å². The highest BCUT2D eigenvalue weighted by Gasteiger charge is 2.36. The van der Waals surface area contributed by atoms with Gasteiger partial charge in [0.15, 0.2) is 0 Å². The fraction of sp³-hybridized carbons (Fsp3) is 0.526. The third kappa shape index (κ3) is 3.77. The lowest BCUT2D eigenvalue weighted by Gasteiger charge is -2.48. The van der Waals surface area contributed by atoms with Gasteiger partial charge in [0.2, 0.25) is 5.91 Å². The van der Waals surface area contributed by atoms with Crippen molar-refractivity contribution in [2.75, 3.05) is 13.1 Å². The molecule has 1 amide bonds. The summed E-state index contributed by atoms with van der Waals surface area (Å²) in [6.07, 6.45) is 5.00. The monoisotopic (exact) mass is 300 g/mol. The lowest BCUT2D eigenvalue weighted by atomic mass is 10.00. The van der Waals surface area contributed by atoms with Gasteiger partial charge in [0.25, 0.3) is 0 Å². The number of benzene rings is 1. The van der Waals surface area contributed by atoms with Crippen LogP contribution in [-0.2, 0) is 4.79 Å². The quantitative estimate of drug-likeness (QED) is 0.850. The van der Waals surface area contributed by atoms with Gasteiger partial charge >= 0.3 is 0 Å². The van der Waals surface area contributed by atoms with Gasteiger partial charge in [-0.3, -0.25) is 9.69 Å². The highest BCUT2D eigenvalue weighted by atomic mass is 16.2. The number of carbonyl (C=O) groups is 1. The van der Waals surface area contributed by atoms with Gasteiger partial charge in [-0.2, -0.15) is 0 Å². The summed E-state index contributed by atoms with van der Waals surface area (Å²) in [5.74, 6) is 0.269. The number of hydrogen-bond acceptors (Lipinski definition) is 2. The second-order valence-electron chi connectivity index (χ2n) is 6.24. The third-order valence-electron chi connectivity index (χ3n) is 4.79. The Bertz CT molecular complexity index is 511. The first-order valence-electron chi connectivity index (χ1n) is 8.31. The molecule has 3 nitrogen and oxygen atoms in total. The fourth-order valence-corrected chi connectivity index (χ4v) is 3.25. The van der Waals surface area contributed by atoms with Crippen molar-refractivity contribution in [1.29, 1.82) is 0 Å². The van der Waals surface area contributed by atoms with Gasteiger partial charge < -0.3 is 4.90 Å². The van der Waals surface area contributed by atoms with Crippen LogP contribution in [0.5, 0.6) is 0 Å². The van der Waals surface area contributed by atoms with Crippen LogP contribution in [0.4, 0.5) is 0 Å². The Labute approximate surface area is 134 Å². The summed E-state index contributed by atoms with van der Waals surface area (Å²) in [4.78, 5) is 16.6. The molecule has 3 atom stereocenters. The first-order valence-corrected chi connectivity index (χ1v) is 8.31. The Morgan fingerprint density at radius 3 is 2.50 bits per heavy atom. The first-order chi connectivity index (χ1) is 10.5. The van der Waals surface area contributed by atoms with Gasteiger partial charge in [-0.05, 0) is 26.3 Å². The zero-order valence-corrected chi connectivity index (χ0v) is 14.2. The Morgan fingerprint density at radius 1 is 1.18 bits per heavy atom. The number of carbonyl (C=O) groups excluding carboxylic acids is 1. The lowest BCUT2D eigenvalue weighted by Crippen LogP contribution is -2.62. The summed E-state index contributed by atoms with van der Waals surface area (Å²) in [6, 6.07) is 11.4. The van der Waals surface area contributed by atoms with Crippen LogP contribution in [0.3, 0.4) is 0 Å². The van der Waals surface area contributed by atoms with Crippen molar-refractivity contribution in [2.24, 2.45) is 0 Å². The molecule has 0 radical (unpaired) electrons. The Kier molecular flexibility index (Phi) is 5.78. The Morgan fingerprint density at radius 2 is 1.86 bits per heavy atom. The summed E-state index contributed by atoms with van der Waals surface area (Å²) in [6.45, 7) is 10.3. The van der Waals surface area contributed by atoms with Crippen molar-refractivity contribution in [3.8, 4) is 0 Å². The van der Waals surface area contributed by atoms with E-state index in [4.69, 9.17) is 0 Å². The van der Waals surface area contributed by atoms with Crippen LogP contribution in [0.25, 0.3) is 6.08 Å². The summed E-state index contributed by atoms with van der Waals surface area (Å²) in [7, 11) is 0. The molecule has 0 N–H and O–H groups in total. The van der Waals surface area contributed by atoms with Gasteiger partial charge in [-0.15, -0.1) is 0 Å². The zero-order chi connectivity index (χ0) is 16.1. The number of piperazine rings is 1. The SMILES string of the molecule is CCC(=O)N1CC(C)N(C/C=C/c2ccccc2)C(C)C1C. The smallest absolute Gasteiger partial charge is 0.222 e. The highest BCUT2D eigenvalue weighted by molar-refractivity contribution is 5.76. The molecule has 0 spiro atoms. The normalized spacial score (nSPS) is 26.5. The van der Waals surface area contributed by atoms with Crippen LogP contribution in [0.15, 0.2) is 36.4 Å². The highest BCUT2D eigenvalue weighted by Crippen LogP contribution is 2.22. The molecule has 1 heterocycles. The van der Waals surface area contributed by atoms with Crippen molar-refractivity contribution in [2.45, 2.75) is 52.2 Å². The van der Waals surface area contributed by atoms with E-state index in [0.29, 0.717) is 18.5 Å². The minimum Gasteiger partial charge on any atom is -0.337 e. The maximum absolute atomic E-state index is 12.1. The summed E-state index contributed by atoms with van der Waals surface area (Å²) in [5, 5.41) is 0. The Hall–Kier alpha value is -1.61. The van der Waals surface area contributed by atoms with Gasteiger partial charge in [0.05, 0.1) is 0 Å². The van der Waals surface area contributed by atoms with Crippen LogP contribution in [-0.4, -0.2) is 46.9 Å². The molecule has 3 heteroatoms. The average molecular weight is 300 g/mol. The molecule has 1 fully saturated rings. The molecule has 0 saturated carbocycles. The number of amides is 1. The van der Waals surface area contributed by atoms with Crippen molar-refractivity contribution >= 4 is 12.0 Å². The summed E-state index contributed by atoms with van der Waals surface area (Å²) in [5.41, 5.74) is 1.23. The standard InChI is InChI=1S/C19H28N2O/c1-5-19(22)21-14-15(2)20(16(3)17(21)4)13-9-12-18-10-7-6-8-11-18/h6-12,15-17H,5,13-14H2,1-4H3/b12-9+. The summed E-state index contributed by atoms with van der Waals surface area (Å²) >= 11 is 0. The number of nitrogens with zero attached hydrogens (tertiary/aromatic N) is 2. The largest absolute Gasteiger partial charge is 0.337 e. The molecule has 1 aliphatic heterocycles. The van der Waals surface area contributed by atoms with Crippen LogP contribution >= 0.6 is 0 Å². The van der Waals surface area contributed by atoms with Crippen molar-refractivity contribution < 1.29 is 4.79 Å². The van der Waals surface area contributed by atoms with Gasteiger partial charge in [-0.1, -0.05) is 49.4 Å². The van der Waals surface area contributed by atoms with Crippen LogP contribution in [0.2, 0.25) is 0 Å². The Balaban J connectivity index is 2.00. The second-order valence-corrected chi connectivity index (χ2v) is 6.24. The molecule has 3 unspecified atom stereocenters. The minimum absolute atomic E-state index is 0.269. The molecule has 2 rings (SSSR count). The first kappa shape index (κ1) is 16.8. The second kappa shape index (κ2) is 7.59. The molecule has 1 saturated heterocycles. The maximum Gasteiger partial charge on any atom is 0.222 e. The molecule has 22 heavy (non-hydrogen) atoms. The van der Waals surface area contributed by atoms with E-state index in [-0.39, 0.29) is 11.9 Å². The molecule has 1 aliphatic rings. The zero-order valence-electron chi connectivity index (χ0n) is 14.2. The maximum atomic E-state index is 12.1. The lowest BCUT2D eigenvalue weighted by molar-refractivity contribution is -0.139. The third-order valence-corrected chi connectivity index (χ3v) is 4.79. The van der Waals surface area contributed by atoms with Gasteiger partial charge in [-0.25, -0.2) is 0 Å². The molecular formula is C19H28N2O. The molecule has 120 valence electrons. The van der Waals surface area contributed by atoms with Crippen molar-refractivity contribution in [3.63, 3.8) is 0 Å². The van der Waals surface area contributed by atoms with Crippen LogP contribution in [0, 0.1) is 0 Å². The molecule has 0 aliphatic carbocycles. The molecular weight excluding hydrogens is 272 g/mol. The predicted octanol–water partition coefficient (Wildman–Crippen LogP) is 3.42. The topological polar surface area (TPSA) is 23.6 Å². The minimum atomic E-state index is 0.269. The average Bonchev–Trinajstić information content (AvgIpc) is 2.54. The van der Waals surface area contributed by atoms with E-state index in [2.05, 4.69) is 62.1 Å². The fourth-order valence-electron chi connectivity index (χ4n) is 3.25. The van der Waals surface area contributed by atoms with E-state index in [1.165, 1.54) is 5.56 Å². The van der Waals surface area contributed by atoms with E-state index >= 15 is 0 Å². The number of rotatable bonds is 4.